The number of hydrogen-bond acceptors (Lipinski definition) is 1. The van der Waals surface area contributed by atoms with Crippen molar-refractivity contribution in [2.75, 3.05) is 0 Å². The second-order valence-electron chi connectivity index (χ2n) is 3.57. The molecule has 0 aliphatic carbocycles. The minimum absolute atomic E-state index is 0.108. The summed E-state index contributed by atoms with van der Waals surface area (Å²) in [6.45, 7) is 3.23. The van der Waals surface area contributed by atoms with E-state index in [9.17, 15) is 13.9 Å². The molecule has 0 radical (unpaired) electrons. The third-order valence-electron chi connectivity index (χ3n) is 2.18. The highest BCUT2D eigenvalue weighted by molar-refractivity contribution is 5.26. The zero-order chi connectivity index (χ0) is 11.4. The van der Waals surface area contributed by atoms with Crippen LogP contribution in [0.3, 0.4) is 0 Å². The Hall–Kier alpha value is -1.22. The van der Waals surface area contributed by atoms with E-state index in [0.717, 1.165) is 5.56 Å². The van der Waals surface area contributed by atoms with Gasteiger partial charge in [0.05, 0.1) is 6.10 Å². The first kappa shape index (κ1) is 11.9. The van der Waals surface area contributed by atoms with E-state index in [1.165, 1.54) is 13.0 Å². The molecule has 1 rings (SSSR count). The molecule has 1 nitrogen and oxygen atoms in total. The van der Waals surface area contributed by atoms with Crippen LogP contribution in [-0.2, 0) is 0 Å². The summed E-state index contributed by atoms with van der Waals surface area (Å²) in [6.07, 6.45) is -2.29. The van der Waals surface area contributed by atoms with Gasteiger partial charge in [-0.15, -0.1) is 0 Å². The molecule has 3 heteroatoms. The smallest absolute Gasteiger partial charge is 0.259 e. The van der Waals surface area contributed by atoms with Gasteiger partial charge in [-0.2, -0.15) is 0 Å². The quantitative estimate of drug-likeness (QED) is 0.762. The Kier molecular flexibility index (Phi) is 3.97. The third kappa shape index (κ3) is 3.44. The van der Waals surface area contributed by atoms with Crippen LogP contribution in [-0.4, -0.2) is 11.5 Å². The van der Waals surface area contributed by atoms with E-state index in [1.807, 2.05) is 19.1 Å². The lowest BCUT2D eigenvalue weighted by Crippen LogP contribution is -1.98. The predicted octanol–water partition coefficient (Wildman–Crippen LogP) is 3.24. The molecule has 0 saturated heterocycles. The Morgan fingerprint density at radius 2 is 1.80 bits per heavy atom. The minimum atomic E-state index is -2.51. The Labute approximate surface area is 88.1 Å². The molecule has 0 aromatic heterocycles. The number of benzene rings is 1. The van der Waals surface area contributed by atoms with Crippen molar-refractivity contribution >= 4 is 0 Å². The third-order valence-corrected chi connectivity index (χ3v) is 2.18. The summed E-state index contributed by atoms with van der Waals surface area (Å²) in [6, 6.07) is 7.14. The number of alkyl halides is 2. The van der Waals surface area contributed by atoms with Crippen LogP contribution >= 0.6 is 0 Å². The van der Waals surface area contributed by atoms with E-state index in [0.29, 0.717) is 5.56 Å². The van der Waals surface area contributed by atoms with Gasteiger partial charge in [0.15, 0.2) is 0 Å². The zero-order valence-electron chi connectivity index (χ0n) is 8.74. The summed E-state index contributed by atoms with van der Waals surface area (Å²) < 4.78 is 24.4. The number of hydrogen-bond donors (Lipinski definition) is 1. The fourth-order valence-electron chi connectivity index (χ4n) is 1.18. The average molecular weight is 212 g/mol. The van der Waals surface area contributed by atoms with Gasteiger partial charge in [-0.1, -0.05) is 29.8 Å². The van der Waals surface area contributed by atoms with Crippen molar-refractivity contribution in [2.24, 2.45) is 0 Å². The molecule has 82 valence electrons. The van der Waals surface area contributed by atoms with Crippen LogP contribution in [0.5, 0.6) is 0 Å². The lowest BCUT2D eigenvalue weighted by atomic mass is 10.1. The lowest BCUT2D eigenvalue weighted by molar-refractivity contribution is 0.181. The Bertz CT molecular complexity index is 341. The number of aliphatic hydroxyl groups excluding tert-OH is 1. The summed E-state index contributed by atoms with van der Waals surface area (Å²) in [5.41, 5.74) is 1.59. The van der Waals surface area contributed by atoms with Crippen LogP contribution in [0.25, 0.3) is 0 Å². The van der Waals surface area contributed by atoms with Crippen LogP contribution in [0.4, 0.5) is 8.78 Å². The van der Waals surface area contributed by atoms with Crippen LogP contribution < -0.4 is 0 Å². The van der Waals surface area contributed by atoms with Gasteiger partial charge < -0.3 is 5.11 Å². The number of allylic oxidation sites excluding steroid dienone is 1. The standard InChI is InChI=1S/C12H14F2O/c1-8-3-5-10(6-4-8)11(15)7-9(2)12(13)14/h3-7,11-12,15H,1-2H3/b9-7+. The van der Waals surface area contributed by atoms with E-state index in [2.05, 4.69) is 0 Å². The van der Waals surface area contributed by atoms with Crippen LogP contribution in [0, 0.1) is 6.92 Å². The molecule has 0 amide bonds. The largest absolute Gasteiger partial charge is 0.384 e. The number of aliphatic hydroxyl groups is 1. The van der Waals surface area contributed by atoms with Crippen LogP contribution in [0.15, 0.2) is 35.9 Å². The molecule has 1 atom stereocenters. The second kappa shape index (κ2) is 5.03. The fourth-order valence-corrected chi connectivity index (χ4v) is 1.18. The molecule has 0 saturated carbocycles. The van der Waals surface area contributed by atoms with Gasteiger partial charge in [0.1, 0.15) is 0 Å². The first-order valence-electron chi connectivity index (χ1n) is 4.72. The molecule has 15 heavy (non-hydrogen) atoms. The van der Waals surface area contributed by atoms with Crippen molar-refractivity contribution in [2.45, 2.75) is 26.4 Å². The average Bonchev–Trinajstić information content (AvgIpc) is 2.18. The van der Waals surface area contributed by atoms with Gasteiger partial charge in [-0.05, 0) is 31.1 Å². The SMILES string of the molecule is C/C(=C\C(O)c1ccc(C)cc1)C(F)F. The van der Waals surface area contributed by atoms with E-state index < -0.39 is 12.5 Å². The van der Waals surface area contributed by atoms with Gasteiger partial charge >= 0.3 is 0 Å². The Morgan fingerprint density at radius 1 is 1.27 bits per heavy atom. The molecular weight excluding hydrogens is 198 g/mol. The van der Waals surface area contributed by atoms with Gasteiger partial charge in [0, 0.05) is 0 Å². The van der Waals surface area contributed by atoms with E-state index in [4.69, 9.17) is 0 Å². The number of rotatable bonds is 3. The summed E-state index contributed by atoms with van der Waals surface area (Å²) in [4.78, 5) is 0. The molecule has 0 heterocycles. The molecule has 1 aromatic rings. The topological polar surface area (TPSA) is 20.2 Å². The van der Waals surface area contributed by atoms with Gasteiger partial charge in [-0.3, -0.25) is 0 Å². The van der Waals surface area contributed by atoms with Crippen molar-refractivity contribution in [1.82, 2.24) is 0 Å². The summed E-state index contributed by atoms with van der Waals surface area (Å²) >= 11 is 0. The molecule has 0 aliphatic rings. The van der Waals surface area contributed by atoms with E-state index >= 15 is 0 Å². The zero-order valence-corrected chi connectivity index (χ0v) is 8.74. The first-order valence-corrected chi connectivity index (χ1v) is 4.72. The van der Waals surface area contributed by atoms with Gasteiger partial charge in [0.25, 0.3) is 6.43 Å². The van der Waals surface area contributed by atoms with Crippen molar-refractivity contribution < 1.29 is 13.9 Å². The Balaban J connectivity index is 2.81. The maximum Gasteiger partial charge on any atom is 0.259 e. The number of aryl methyl sites for hydroxylation is 1. The van der Waals surface area contributed by atoms with Crippen molar-refractivity contribution in [1.29, 1.82) is 0 Å². The molecule has 0 fully saturated rings. The number of halogens is 2. The van der Waals surface area contributed by atoms with Crippen LogP contribution in [0.2, 0.25) is 0 Å². The van der Waals surface area contributed by atoms with E-state index in [-0.39, 0.29) is 5.57 Å². The van der Waals surface area contributed by atoms with Crippen molar-refractivity contribution in [3.05, 3.63) is 47.0 Å². The molecule has 0 aliphatic heterocycles. The summed E-state index contributed by atoms with van der Waals surface area (Å²) in [5.74, 6) is 0. The van der Waals surface area contributed by atoms with Gasteiger partial charge in [0.2, 0.25) is 0 Å². The maximum atomic E-state index is 12.2. The normalized spacial score (nSPS) is 14.4. The maximum absolute atomic E-state index is 12.2. The fraction of sp³-hybridized carbons (Fsp3) is 0.333. The van der Waals surface area contributed by atoms with Gasteiger partial charge in [-0.25, -0.2) is 8.78 Å². The lowest BCUT2D eigenvalue weighted by Gasteiger charge is -2.08. The second-order valence-corrected chi connectivity index (χ2v) is 3.57. The highest BCUT2D eigenvalue weighted by Crippen LogP contribution is 2.18. The predicted molar refractivity (Wildman–Crippen MR) is 55.9 cm³/mol. The molecule has 1 N–H and O–H groups in total. The molecule has 0 bridgehead atoms. The summed E-state index contributed by atoms with van der Waals surface area (Å²) in [7, 11) is 0. The molecule has 1 aromatic carbocycles. The highest BCUT2D eigenvalue weighted by atomic mass is 19.3. The monoisotopic (exact) mass is 212 g/mol. The minimum Gasteiger partial charge on any atom is -0.384 e. The van der Waals surface area contributed by atoms with E-state index in [1.54, 1.807) is 12.1 Å². The van der Waals surface area contributed by atoms with Crippen molar-refractivity contribution in [3.63, 3.8) is 0 Å². The summed E-state index contributed by atoms with van der Waals surface area (Å²) in [5, 5.41) is 9.62. The molecular formula is C12H14F2O. The molecule has 1 unspecified atom stereocenters. The van der Waals surface area contributed by atoms with Crippen LogP contribution in [0.1, 0.15) is 24.2 Å². The highest BCUT2D eigenvalue weighted by Gasteiger charge is 2.09. The first-order chi connectivity index (χ1) is 7.00. The Morgan fingerprint density at radius 3 is 2.27 bits per heavy atom. The molecule has 0 spiro atoms. The van der Waals surface area contributed by atoms with Crippen molar-refractivity contribution in [3.8, 4) is 0 Å².